The van der Waals surface area contributed by atoms with E-state index >= 15 is 0 Å². The van der Waals surface area contributed by atoms with Crippen molar-refractivity contribution in [1.29, 1.82) is 0 Å². The fraction of sp³-hybridized carbons (Fsp3) is 0.571. The summed E-state index contributed by atoms with van der Waals surface area (Å²) in [5.74, 6) is 0. The number of benzene rings is 1. The highest BCUT2D eigenvalue weighted by atomic mass is 32.2. The predicted octanol–water partition coefficient (Wildman–Crippen LogP) is 2.19. The molecule has 0 atom stereocenters. The standard InChI is InChI=1S/C14H23N3O2S/c1-12(2)16-20(18,19)14-8-6-13(7-9-14)15-17-10-4-3-5-11-17/h6-9,12,15-16H,3-5,10-11H2,1-2H3. The van der Waals surface area contributed by atoms with Gasteiger partial charge in [-0.25, -0.2) is 18.1 Å². The van der Waals surface area contributed by atoms with Gasteiger partial charge in [-0.1, -0.05) is 6.42 Å². The third-order valence-corrected chi connectivity index (χ3v) is 4.87. The Morgan fingerprint density at radius 1 is 1.05 bits per heavy atom. The van der Waals surface area contributed by atoms with Crippen molar-refractivity contribution >= 4 is 15.7 Å². The number of piperidine rings is 1. The summed E-state index contributed by atoms with van der Waals surface area (Å²) in [6, 6.07) is 6.78. The van der Waals surface area contributed by atoms with Crippen molar-refractivity contribution in [3.8, 4) is 0 Å². The van der Waals surface area contributed by atoms with Gasteiger partial charge in [0.1, 0.15) is 0 Å². The van der Waals surface area contributed by atoms with Gasteiger partial charge in [0.2, 0.25) is 10.0 Å². The number of nitrogens with one attached hydrogen (secondary N) is 2. The number of hydrogen-bond donors (Lipinski definition) is 2. The Labute approximate surface area is 121 Å². The maximum absolute atomic E-state index is 12.0. The molecule has 0 unspecified atom stereocenters. The number of sulfonamides is 1. The van der Waals surface area contributed by atoms with E-state index in [1.807, 2.05) is 26.0 Å². The van der Waals surface area contributed by atoms with Gasteiger partial charge in [0.15, 0.2) is 0 Å². The first-order valence-corrected chi connectivity index (χ1v) is 8.60. The van der Waals surface area contributed by atoms with E-state index in [0.29, 0.717) is 4.90 Å². The van der Waals surface area contributed by atoms with E-state index < -0.39 is 10.0 Å². The third kappa shape index (κ3) is 4.19. The molecule has 0 saturated carbocycles. The molecule has 0 aliphatic carbocycles. The van der Waals surface area contributed by atoms with Crippen molar-refractivity contribution in [2.24, 2.45) is 0 Å². The fourth-order valence-electron chi connectivity index (χ4n) is 2.28. The van der Waals surface area contributed by atoms with Crippen LogP contribution in [0.15, 0.2) is 29.2 Å². The van der Waals surface area contributed by atoms with Gasteiger partial charge in [-0.05, 0) is 51.0 Å². The second-order valence-corrected chi connectivity index (χ2v) is 7.17. The van der Waals surface area contributed by atoms with Gasteiger partial charge in [-0.15, -0.1) is 0 Å². The molecule has 1 aliphatic rings. The van der Waals surface area contributed by atoms with Crippen LogP contribution in [-0.4, -0.2) is 32.6 Å². The normalized spacial score (nSPS) is 17.4. The summed E-state index contributed by atoms with van der Waals surface area (Å²) in [5.41, 5.74) is 4.24. The van der Waals surface area contributed by atoms with E-state index in [9.17, 15) is 8.42 Å². The minimum atomic E-state index is -3.40. The molecular formula is C14H23N3O2S. The van der Waals surface area contributed by atoms with E-state index in [2.05, 4.69) is 15.2 Å². The lowest BCUT2D eigenvalue weighted by atomic mass is 10.2. The summed E-state index contributed by atoms with van der Waals surface area (Å²) in [6.45, 7) is 5.69. The van der Waals surface area contributed by atoms with Crippen LogP contribution in [0.2, 0.25) is 0 Å². The molecule has 1 aliphatic heterocycles. The van der Waals surface area contributed by atoms with E-state index in [1.165, 1.54) is 19.3 Å². The van der Waals surface area contributed by atoms with Crippen LogP contribution in [0.25, 0.3) is 0 Å². The monoisotopic (exact) mass is 297 g/mol. The zero-order valence-corrected chi connectivity index (χ0v) is 12.9. The van der Waals surface area contributed by atoms with Crippen LogP contribution in [0.3, 0.4) is 0 Å². The topological polar surface area (TPSA) is 61.4 Å². The van der Waals surface area contributed by atoms with E-state index in [-0.39, 0.29) is 6.04 Å². The van der Waals surface area contributed by atoms with Crippen LogP contribution in [-0.2, 0) is 10.0 Å². The number of rotatable bonds is 5. The summed E-state index contributed by atoms with van der Waals surface area (Å²) < 4.78 is 26.6. The molecule has 0 amide bonds. The van der Waals surface area contributed by atoms with Crippen molar-refractivity contribution in [2.75, 3.05) is 18.5 Å². The Balaban J connectivity index is 2.02. The summed E-state index contributed by atoms with van der Waals surface area (Å²) in [7, 11) is -3.40. The van der Waals surface area contributed by atoms with Crippen LogP contribution in [0.4, 0.5) is 5.69 Å². The second-order valence-electron chi connectivity index (χ2n) is 5.46. The molecule has 1 aromatic rings. The highest BCUT2D eigenvalue weighted by Crippen LogP contribution is 2.16. The molecule has 2 N–H and O–H groups in total. The average molecular weight is 297 g/mol. The van der Waals surface area contributed by atoms with Crippen LogP contribution >= 0.6 is 0 Å². The highest BCUT2D eigenvalue weighted by molar-refractivity contribution is 7.89. The van der Waals surface area contributed by atoms with Crippen molar-refractivity contribution < 1.29 is 8.42 Å². The number of nitrogens with zero attached hydrogens (tertiary/aromatic N) is 1. The molecule has 0 bridgehead atoms. The maximum Gasteiger partial charge on any atom is 0.240 e. The van der Waals surface area contributed by atoms with Crippen LogP contribution in [0.5, 0.6) is 0 Å². The number of hydrazine groups is 1. The van der Waals surface area contributed by atoms with Crippen molar-refractivity contribution in [2.45, 2.75) is 44.0 Å². The lowest BCUT2D eigenvalue weighted by Crippen LogP contribution is -2.34. The van der Waals surface area contributed by atoms with Crippen LogP contribution < -0.4 is 10.1 Å². The zero-order valence-electron chi connectivity index (χ0n) is 12.1. The Morgan fingerprint density at radius 2 is 1.65 bits per heavy atom. The Morgan fingerprint density at radius 3 is 2.20 bits per heavy atom. The minimum Gasteiger partial charge on any atom is -0.319 e. The largest absolute Gasteiger partial charge is 0.319 e. The number of hydrogen-bond acceptors (Lipinski definition) is 4. The summed E-state index contributed by atoms with van der Waals surface area (Å²) in [6.07, 6.45) is 3.70. The second kappa shape index (κ2) is 6.56. The molecule has 0 radical (unpaired) electrons. The lowest BCUT2D eigenvalue weighted by molar-refractivity contribution is 0.273. The molecule has 1 fully saturated rings. The molecular weight excluding hydrogens is 274 g/mol. The Bertz CT molecular complexity index is 520. The van der Waals surface area contributed by atoms with Gasteiger partial charge >= 0.3 is 0 Å². The molecule has 112 valence electrons. The fourth-order valence-corrected chi connectivity index (χ4v) is 3.53. The maximum atomic E-state index is 12.0. The molecule has 1 heterocycles. The molecule has 2 rings (SSSR count). The number of anilines is 1. The van der Waals surface area contributed by atoms with Gasteiger partial charge in [0.05, 0.1) is 4.90 Å². The average Bonchev–Trinajstić information content (AvgIpc) is 2.39. The third-order valence-electron chi connectivity index (χ3n) is 3.20. The predicted molar refractivity (Wildman–Crippen MR) is 80.9 cm³/mol. The Hall–Kier alpha value is -1.11. The van der Waals surface area contributed by atoms with E-state index in [4.69, 9.17) is 0 Å². The first-order valence-electron chi connectivity index (χ1n) is 7.11. The van der Waals surface area contributed by atoms with E-state index in [1.54, 1.807) is 12.1 Å². The molecule has 1 saturated heterocycles. The highest BCUT2D eigenvalue weighted by Gasteiger charge is 2.15. The first kappa shape index (κ1) is 15.3. The molecule has 0 spiro atoms. The van der Waals surface area contributed by atoms with Gasteiger partial charge in [-0.2, -0.15) is 0 Å². The zero-order chi connectivity index (χ0) is 14.6. The minimum absolute atomic E-state index is 0.105. The lowest BCUT2D eigenvalue weighted by Gasteiger charge is -2.27. The molecule has 5 nitrogen and oxygen atoms in total. The molecule has 0 aromatic heterocycles. The summed E-state index contributed by atoms with van der Waals surface area (Å²) in [5, 5.41) is 2.18. The molecule has 6 heteroatoms. The molecule has 20 heavy (non-hydrogen) atoms. The van der Waals surface area contributed by atoms with Crippen LogP contribution in [0, 0.1) is 0 Å². The van der Waals surface area contributed by atoms with Crippen molar-refractivity contribution in [3.63, 3.8) is 0 Å². The SMILES string of the molecule is CC(C)NS(=O)(=O)c1ccc(NN2CCCCC2)cc1. The van der Waals surface area contributed by atoms with E-state index in [0.717, 1.165) is 18.8 Å². The van der Waals surface area contributed by atoms with Gasteiger partial charge < -0.3 is 5.43 Å². The smallest absolute Gasteiger partial charge is 0.240 e. The van der Waals surface area contributed by atoms with Crippen molar-refractivity contribution in [1.82, 2.24) is 9.73 Å². The van der Waals surface area contributed by atoms with Gasteiger partial charge in [0.25, 0.3) is 0 Å². The van der Waals surface area contributed by atoms with Crippen LogP contribution in [0.1, 0.15) is 33.1 Å². The quantitative estimate of drug-likeness (QED) is 0.874. The van der Waals surface area contributed by atoms with Crippen molar-refractivity contribution in [3.05, 3.63) is 24.3 Å². The van der Waals surface area contributed by atoms with Gasteiger partial charge in [0, 0.05) is 24.8 Å². The Kier molecular flexibility index (Phi) is 5.01. The first-order chi connectivity index (χ1) is 9.47. The van der Waals surface area contributed by atoms with Gasteiger partial charge in [-0.3, -0.25) is 0 Å². The molecule has 1 aromatic carbocycles. The summed E-state index contributed by atoms with van der Waals surface area (Å²) in [4.78, 5) is 0.301. The summed E-state index contributed by atoms with van der Waals surface area (Å²) >= 11 is 0.